The highest BCUT2D eigenvalue weighted by molar-refractivity contribution is 8.30. The maximum absolute atomic E-state index is 14.5. The predicted octanol–water partition coefficient (Wildman–Crippen LogP) is 9.38. The molecule has 2 nitrogen and oxygen atoms in total. The summed E-state index contributed by atoms with van der Waals surface area (Å²) in [6, 6.07) is 30.1. The molecule has 0 saturated heterocycles. The van der Waals surface area contributed by atoms with Crippen LogP contribution in [0.3, 0.4) is 0 Å². The molecule has 0 N–H and O–H groups in total. The van der Waals surface area contributed by atoms with Gasteiger partial charge in [0.25, 0.3) is 0 Å². The van der Waals surface area contributed by atoms with E-state index in [0.29, 0.717) is 17.8 Å². The first kappa shape index (κ1) is 24.8. The van der Waals surface area contributed by atoms with Crippen LogP contribution in [0.4, 0.5) is 0 Å². The van der Waals surface area contributed by atoms with Crippen molar-refractivity contribution < 1.29 is 8.98 Å². The van der Waals surface area contributed by atoms with E-state index in [1.807, 2.05) is 0 Å². The second-order valence-electron chi connectivity index (χ2n) is 11.9. The number of benzene rings is 3. The quantitative estimate of drug-likeness (QED) is 0.267. The largest absolute Gasteiger partial charge is 0.402 e. The van der Waals surface area contributed by atoms with Gasteiger partial charge in [-0.3, -0.25) is 4.79 Å². The molecule has 0 aliphatic heterocycles. The Balaban J connectivity index is 1.43. The summed E-state index contributed by atoms with van der Waals surface area (Å²) in [5, 5.41) is 0. The van der Waals surface area contributed by atoms with E-state index in [1.165, 1.54) is 44.1 Å². The Bertz CT molecular complexity index is 1130. The van der Waals surface area contributed by atoms with Crippen molar-refractivity contribution in [3.63, 3.8) is 0 Å². The van der Waals surface area contributed by atoms with Crippen LogP contribution in [0.1, 0.15) is 70.3 Å². The third-order valence-corrected chi connectivity index (χ3v) is 12.4. The fourth-order valence-corrected chi connectivity index (χ4v) is 10.9. The summed E-state index contributed by atoms with van der Waals surface area (Å²) in [5.41, 5.74) is 1.07. The van der Waals surface area contributed by atoms with Crippen molar-refractivity contribution in [1.82, 2.24) is 0 Å². The van der Waals surface area contributed by atoms with Gasteiger partial charge >= 0.3 is 5.97 Å². The Hall–Kier alpha value is -2.52. The van der Waals surface area contributed by atoms with E-state index in [0.717, 1.165) is 40.4 Å². The van der Waals surface area contributed by atoms with Gasteiger partial charge in [0.15, 0.2) is 0 Å². The molecule has 0 atom stereocenters. The standard InChI is InChI=1S/C34H40O2S/c1-2-3-6-11-26-16-18-32(19-17-26)37(30-12-7-4-8-13-30,31-14-9-5-10-15-31)36-33(35)34-23-27-20-28(24-34)22-29(21-27)25-34/h4-5,7-10,12-19,27-29H,2-3,6,11,20-25H2,1H3. The molecule has 3 aromatic rings. The van der Waals surface area contributed by atoms with Crippen LogP contribution in [0.25, 0.3) is 0 Å². The third-order valence-electron chi connectivity index (χ3n) is 9.15. The van der Waals surface area contributed by atoms with Gasteiger partial charge in [-0.2, -0.15) is 0 Å². The highest BCUT2D eigenvalue weighted by atomic mass is 32.3. The Labute approximate surface area is 224 Å². The lowest BCUT2D eigenvalue weighted by molar-refractivity contribution is -0.160. The highest BCUT2D eigenvalue weighted by Crippen LogP contribution is 2.71. The van der Waals surface area contributed by atoms with Gasteiger partial charge in [-0.1, -0.05) is 68.3 Å². The summed E-state index contributed by atoms with van der Waals surface area (Å²) in [5.74, 6) is 2.18. The predicted molar refractivity (Wildman–Crippen MR) is 152 cm³/mol. The van der Waals surface area contributed by atoms with Crippen molar-refractivity contribution in [1.29, 1.82) is 0 Å². The zero-order chi connectivity index (χ0) is 25.3. The zero-order valence-electron chi connectivity index (χ0n) is 22.1. The summed E-state index contributed by atoms with van der Waals surface area (Å²) < 4.78 is 7.06. The average molecular weight is 513 g/mol. The molecule has 0 unspecified atom stereocenters. The minimum atomic E-state index is -2.22. The summed E-state index contributed by atoms with van der Waals surface area (Å²) in [6.45, 7) is 2.25. The molecule has 0 spiro atoms. The van der Waals surface area contributed by atoms with E-state index in [4.69, 9.17) is 4.18 Å². The van der Waals surface area contributed by atoms with Crippen molar-refractivity contribution in [3.05, 3.63) is 90.5 Å². The second-order valence-corrected chi connectivity index (χ2v) is 14.5. The van der Waals surface area contributed by atoms with Gasteiger partial charge in [0.2, 0.25) is 0 Å². The lowest BCUT2D eigenvalue weighted by Gasteiger charge is -2.56. The summed E-state index contributed by atoms with van der Waals surface area (Å²) in [7, 11) is -2.22. The van der Waals surface area contributed by atoms with Crippen LogP contribution in [-0.2, 0) is 15.4 Å². The maximum atomic E-state index is 14.5. The first-order chi connectivity index (χ1) is 18.1. The molecule has 0 heterocycles. The molecule has 0 amide bonds. The average Bonchev–Trinajstić information content (AvgIpc) is 2.92. The Morgan fingerprint density at radius 3 is 1.70 bits per heavy atom. The van der Waals surface area contributed by atoms with Gasteiger partial charge in [0, 0.05) is 14.7 Å². The van der Waals surface area contributed by atoms with Gasteiger partial charge < -0.3 is 4.18 Å². The third kappa shape index (κ3) is 4.65. The molecule has 3 heteroatoms. The van der Waals surface area contributed by atoms with Gasteiger partial charge in [-0.25, -0.2) is 0 Å². The molecule has 0 radical (unpaired) electrons. The Kier molecular flexibility index (Phi) is 6.92. The molecule has 194 valence electrons. The topological polar surface area (TPSA) is 26.3 Å². The van der Waals surface area contributed by atoms with Crippen LogP contribution in [-0.4, -0.2) is 5.97 Å². The number of rotatable bonds is 9. The summed E-state index contributed by atoms with van der Waals surface area (Å²) in [4.78, 5) is 17.8. The molecule has 4 aliphatic rings. The number of hydrogen-bond donors (Lipinski definition) is 0. The maximum Gasteiger partial charge on any atom is 0.323 e. The Morgan fingerprint density at radius 1 is 0.730 bits per heavy atom. The lowest BCUT2D eigenvalue weighted by atomic mass is 9.49. The van der Waals surface area contributed by atoms with E-state index in [2.05, 4.69) is 91.9 Å². The van der Waals surface area contributed by atoms with Gasteiger partial charge in [0.1, 0.15) is 0 Å². The van der Waals surface area contributed by atoms with Crippen LogP contribution in [0.15, 0.2) is 99.6 Å². The van der Waals surface area contributed by atoms with Crippen LogP contribution in [0.5, 0.6) is 0 Å². The molecular formula is C34H40O2S. The molecule has 0 aromatic heterocycles. The van der Waals surface area contributed by atoms with Crippen molar-refractivity contribution in [2.45, 2.75) is 85.8 Å². The zero-order valence-corrected chi connectivity index (χ0v) is 22.9. The normalized spacial score (nSPS) is 26.7. The first-order valence-electron chi connectivity index (χ1n) is 14.4. The minimum Gasteiger partial charge on any atom is -0.402 e. The number of carbonyl (C=O) groups is 1. The van der Waals surface area contributed by atoms with E-state index in [9.17, 15) is 4.79 Å². The van der Waals surface area contributed by atoms with Crippen LogP contribution >= 0.6 is 10.3 Å². The van der Waals surface area contributed by atoms with Gasteiger partial charge in [0.05, 0.1) is 5.41 Å². The fraction of sp³-hybridized carbons (Fsp3) is 0.441. The second kappa shape index (κ2) is 10.3. The van der Waals surface area contributed by atoms with Crippen molar-refractivity contribution in [2.75, 3.05) is 0 Å². The van der Waals surface area contributed by atoms with Crippen molar-refractivity contribution in [3.8, 4) is 0 Å². The fourth-order valence-electron chi connectivity index (χ4n) is 7.77. The summed E-state index contributed by atoms with van der Waals surface area (Å²) >= 11 is 0. The molecule has 4 fully saturated rings. The van der Waals surface area contributed by atoms with E-state index >= 15 is 0 Å². The monoisotopic (exact) mass is 512 g/mol. The number of carbonyl (C=O) groups excluding carboxylic acids is 1. The SMILES string of the molecule is CCCCCc1ccc(S(OC(=O)C23CC4CC(CC(C4)C2)C3)(c2ccccc2)c2ccccc2)cc1. The molecule has 37 heavy (non-hydrogen) atoms. The number of aryl methyl sites for hydroxylation is 1. The smallest absolute Gasteiger partial charge is 0.323 e. The summed E-state index contributed by atoms with van der Waals surface area (Å²) in [6.07, 6.45) is 11.8. The van der Waals surface area contributed by atoms with Gasteiger partial charge in [-0.05, 0) is 121 Å². The van der Waals surface area contributed by atoms with E-state index in [-0.39, 0.29) is 11.4 Å². The van der Waals surface area contributed by atoms with Crippen molar-refractivity contribution >= 4 is 16.3 Å². The molecule has 4 bridgehead atoms. The molecular weight excluding hydrogens is 472 g/mol. The molecule has 7 rings (SSSR count). The molecule has 4 aliphatic carbocycles. The molecule has 3 aromatic carbocycles. The molecule has 4 saturated carbocycles. The number of hydrogen-bond acceptors (Lipinski definition) is 2. The van der Waals surface area contributed by atoms with E-state index < -0.39 is 10.3 Å². The van der Waals surface area contributed by atoms with Crippen LogP contribution in [0.2, 0.25) is 0 Å². The van der Waals surface area contributed by atoms with Crippen LogP contribution in [0, 0.1) is 23.2 Å². The van der Waals surface area contributed by atoms with Crippen molar-refractivity contribution in [2.24, 2.45) is 23.2 Å². The van der Waals surface area contributed by atoms with Gasteiger partial charge in [-0.15, -0.1) is 0 Å². The lowest BCUT2D eigenvalue weighted by Crippen LogP contribution is -2.50. The number of unbranched alkanes of at least 4 members (excludes halogenated alkanes) is 2. The minimum absolute atomic E-state index is 0.0568. The van der Waals surface area contributed by atoms with E-state index in [1.54, 1.807) is 0 Å². The highest BCUT2D eigenvalue weighted by Gasteiger charge is 2.57. The van der Waals surface area contributed by atoms with Crippen LogP contribution < -0.4 is 0 Å². The Morgan fingerprint density at radius 2 is 1.22 bits per heavy atom. The first-order valence-corrected chi connectivity index (χ1v) is 15.9.